The van der Waals surface area contributed by atoms with E-state index in [4.69, 9.17) is 14.2 Å². The second kappa shape index (κ2) is 19.6. The molecule has 3 rings (SSSR count). The average Bonchev–Trinajstić information content (AvgIpc) is 3.05. The number of hydrogen-bond acceptors (Lipinski definition) is 7. The number of alkyl halides is 3. The van der Waals surface area contributed by atoms with Gasteiger partial charge in [0.1, 0.15) is 11.6 Å². The number of unbranched alkanes of at least 4 members (excludes halogenated alkanes) is 10. The highest BCUT2D eigenvalue weighted by atomic mass is 19.4. The summed E-state index contributed by atoms with van der Waals surface area (Å²) in [5, 5.41) is 0. The second-order valence-electron chi connectivity index (χ2n) is 11.5. The van der Waals surface area contributed by atoms with Crippen molar-refractivity contribution in [3.8, 4) is 22.9 Å². The number of esters is 2. The lowest BCUT2D eigenvalue weighted by Crippen LogP contribution is -2.33. The molecule has 3 aromatic rings. The van der Waals surface area contributed by atoms with Crippen LogP contribution in [0.15, 0.2) is 54.9 Å². The minimum atomic E-state index is -4.68. The van der Waals surface area contributed by atoms with Crippen LogP contribution in [0.2, 0.25) is 0 Å². The fraction of sp³-hybridized carbons (Fsp3) is 0.500. The van der Waals surface area contributed by atoms with Crippen molar-refractivity contribution < 1.29 is 41.4 Å². The third-order valence-corrected chi connectivity index (χ3v) is 7.58. The molecule has 1 unspecified atom stereocenters. The molecule has 1 aromatic heterocycles. The Labute approximate surface area is 274 Å². The van der Waals surface area contributed by atoms with Gasteiger partial charge in [0.25, 0.3) is 0 Å². The maximum atomic E-state index is 14.9. The average molecular weight is 661 g/mol. The first kappa shape index (κ1) is 37.4. The van der Waals surface area contributed by atoms with E-state index in [1.54, 1.807) is 0 Å². The van der Waals surface area contributed by atoms with Crippen LogP contribution in [0.1, 0.15) is 118 Å². The number of ether oxygens (including phenoxy) is 3. The van der Waals surface area contributed by atoms with Gasteiger partial charge in [-0.05, 0) is 61.7 Å². The van der Waals surface area contributed by atoms with Gasteiger partial charge in [0, 0.05) is 0 Å². The van der Waals surface area contributed by atoms with E-state index in [1.165, 1.54) is 74.5 Å². The lowest BCUT2D eigenvalue weighted by Gasteiger charge is -2.20. The van der Waals surface area contributed by atoms with Gasteiger partial charge in [-0.15, -0.1) is 0 Å². The predicted molar refractivity (Wildman–Crippen MR) is 171 cm³/mol. The topological polar surface area (TPSA) is 87.6 Å². The van der Waals surface area contributed by atoms with Crippen LogP contribution < -0.4 is 9.47 Å². The van der Waals surface area contributed by atoms with Gasteiger partial charge in [-0.3, -0.25) is 0 Å². The molecule has 1 heterocycles. The van der Waals surface area contributed by atoms with Crippen molar-refractivity contribution in [1.82, 2.24) is 9.97 Å². The highest BCUT2D eigenvalue weighted by molar-refractivity contribution is 5.92. The maximum Gasteiger partial charge on any atom is 0.425 e. The summed E-state index contributed by atoms with van der Waals surface area (Å²) < 4.78 is 71.1. The van der Waals surface area contributed by atoms with Gasteiger partial charge in [-0.1, -0.05) is 78.1 Å². The van der Waals surface area contributed by atoms with Gasteiger partial charge in [0.05, 0.1) is 35.7 Å². The Morgan fingerprint density at radius 1 is 0.723 bits per heavy atom. The van der Waals surface area contributed by atoms with Crippen molar-refractivity contribution in [3.63, 3.8) is 0 Å². The number of aromatic nitrogens is 2. The summed E-state index contributed by atoms with van der Waals surface area (Å²) in [4.78, 5) is 33.5. The van der Waals surface area contributed by atoms with Gasteiger partial charge in [0.15, 0.2) is 17.7 Å². The number of carbonyl (C=O) groups excluding carboxylic acids is 2. The van der Waals surface area contributed by atoms with Gasteiger partial charge in [-0.25, -0.2) is 23.9 Å². The zero-order chi connectivity index (χ0) is 34.1. The monoisotopic (exact) mass is 660 g/mol. The predicted octanol–water partition coefficient (Wildman–Crippen LogP) is 10.1. The summed E-state index contributed by atoms with van der Waals surface area (Å²) in [5.74, 6) is -2.13. The molecule has 0 amide bonds. The van der Waals surface area contributed by atoms with Crippen LogP contribution in [0.4, 0.5) is 17.6 Å². The molecule has 1 atom stereocenters. The number of carbonyl (C=O) groups is 2. The molecule has 0 N–H and O–H groups in total. The van der Waals surface area contributed by atoms with Crippen LogP contribution in [-0.2, 0) is 4.74 Å². The largest absolute Gasteiger partial charge is 0.490 e. The molecule has 0 saturated carbocycles. The quantitative estimate of drug-likeness (QED) is 0.0516. The van der Waals surface area contributed by atoms with E-state index in [2.05, 4.69) is 23.8 Å². The Kier molecular flexibility index (Phi) is 15.6. The highest BCUT2D eigenvalue weighted by Crippen LogP contribution is 2.29. The van der Waals surface area contributed by atoms with Crippen molar-refractivity contribution in [2.75, 3.05) is 6.61 Å². The zero-order valence-corrected chi connectivity index (χ0v) is 27.1. The summed E-state index contributed by atoms with van der Waals surface area (Å²) in [7, 11) is 0. The Balaban J connectivity index is 1.51. The van der Waals surface area contributed by atoms with Crippen molar-refractivity contribution >= 4 is 11.9 Å². The molecule has 0 spiro atoms. The molecule has 0 radical (unpaired) electrons. The Morgan fingerprint density at radius 2 is 1.30 bits per heavy atom. The lowest BCUT2D eigenvalue weighted by molar-refractivity contribution is -0.206. The van der Waals surface area contributed by atoms with Crippen LogP contribution in [0.25, 0.3) is 11.4 Å². The van der Waals surface area contributed by atoms with Gasteiger partial charge < -0.3 is 14.2 Å². The summed E-state index contributed by atoms with van der Waals surface area (Å²) in [6.45, 7) is 4.78. The van der Waals surface area contributed by atoms with Gasteiger partial charge >= 0.3 is 18.1 Å². The van der Waals surface area contributed by atoms with E-state index in [-0.39, 0.29) is 34.7 Å². The van der Waals surface area contributed by atoms with E-state index in [9.17, 15) is 27.2 Å². The lowest BCUT2D eigenvalue weighted by atomic mass is 10.1. The highest BCUT2D eigenvalue weighted by Gasteiger charge is 2.42. The Bertz CT molecular complexity index is 1380. The summed E-state index contributed by atoms with van der Waals surface area (Å²) in [5.41, 5.74) is -0.131. The molecule has 47 heavy (non-hydrogen) atoms. The van der Waals surface area contributed by atoms with Gasteiger partial charge in [0.2, 0.25) is 0 Å². The number of rotatable bonds is 20. The normalized spacial score (nSPS) is 12.0. The Morgan fingerprint density at radius 3 is 1.89 bits per heavy atom. The maximum absolute atomic E-state index is 14.9. The third-order valence-electron chi connectivity index (χ3n) is 7.58. The molecule has 0 aliphatic carbocycles. The summed E-state index contributed by atoms with van der Waals surface area (Å²) >= 11 is 0. The van der Waals surface area contributed by atoms with E-state index in [0.717, 1.165) is 44.6 Å². The first-order valence-electron chi connectivity index (χ1n) is 16.5. The Hall–Kier alpha value is -4.02. The molecule has 256 valence electrons. The third kappa shape index (κ3) is 13.0. The molecular weight excluding hydrogens is 616 g/mol. The molecule has 0 aliphatic heterocycles. The fourth-order valence-corrected chi connectivity index (χ4v) is 4.85. The molecule has 0 fully saturated rings. The SMILES string of the molecule is CCCCCCCCOc1cnc(-c2ccc(C(=O)Oc3ccc(C(=O)OC(CCCCCCCC)C(F)(F)F)cc3)cc2F)nc1. The van der Waals surface area contributed by atoms with E-state index in [0.29, 0.717) is 25.2 Å². The van der Waals surface area contributed by atoms with E-state index < -0.39 is 30.0 Å². The zero-order valence-electron chi connectivity index (χ0n) is 27.1. The van der Waals surface area contributed by atoms with Crippen LogP contribution >= 0.6 is 0 Å². The number of benzene rings is 2. The van der Waals surface area contributed by atoms with E-state index >= 15 is 0 Å². The minimum absolute atomic E-state index is 0.00960. The second-order valence-corrected chi connectivity index (χ2v) is 11.5. The fourth-order valence-electron chi connectivity index (χ4n) is 4.85. The smallest absolute Gasteiger partial charge is 0.425 e. The van der Waals surface area contributed by atoms with Crippen LogP contribution in [0.3, 0.4) is 0 Å². The number of halogens is 4. The molecule has 11 heteroatoms. The van der Waals surface area contributed by atoms with Crippen LogP contribution in [0, 0.1) is 5.82 Å². The standard InChI is InChI=1S/C36H44F4N2O5/c1-3-5-7-9-11-13-15-32(36(38,39)40)47-34(43)26-16-19-28(20-17-26)46-35(44)27-18-21-30(31(37)23-27)33-41-24-29(25-42-33)45-22-14-12-10-8-6-4-2/h16-21,23-25,32H,3-15,22H2,1-2H3. The van der Waals surface area contributed by atoms with Crippen LogP contribution in [0.5, 0.6) is 11.5 Å². The first-order chi connectivity index (χ1) is 22.6. The number of nitrogens with zero attached hydrogens (tertiary/aromatic N) is 2. The molecular formula is C36H44F4N2O5. The molecule has 2 aromatic carbocycles. The van der Waals surface area contributed by atoms with Crippen molar-refractivity contribution in [2.45, 2.75) is 110 Å². The number of hydrogen-bond donors (Lipinski definition) is 0. The van der Waals surface area contributed by atoms with Crippen molar-refractivity contribution in [2.24, 2.45) is 0 Å². The van der Waals surface area contributed by atoms with Gasteiger partial charge in [-0.2, -0.15) is 13.2 Å². The molecule has 0 aliphatic rings. The molecule has 0 saturated heterocycles. The molecule has 7 nitrogen and oxygen atoms in total. The van der Waals surface area contributed by atoms with Crippen molar-refractivity contribution in [1.29, 1.82) is 0 Å². The summed E-state index contributed by atoms with van der Waals surface area (Å²) in [6.07, 6.45) is 7.38. The molecule has 0 bridgehead atoms. The minimum Gasteiger partial charge on any atom is -0.490 e. The van der Waals surface area contributed by atoms with Crippen molar-refractivity contribution in [3.05, 3.63) is 71.8 Å². The first-order valence-corrected chi connectivity index (χ1v) is 16.5. The van der Waals surface area contributed by atoms with Crippen LogP contribution in [-0.4, -0.2) is 40.8 Å². The summed E-state index contributed by atoms with van der Waals surface area (Å²) in [6, 6.07) is 8.62. The van der Waals surface area contributed by atoms with E-state index in [1.807, 2.05) is 0 Å².